The van der Waals surface area contributed by atoms with Crippen LogP contribution in [0.3, 0.4) is 0 Å². The molecule has 72 valence electrons. The van der Waals surface area contributed by atoms with E-state index in [-0.39, 0.29) is 0 Å². The van der Waals surface area contributed by atoms with E-state index in [2.05, 4.69) is 20.9 Å². The second-order valence-corrected chi connectivity index (χ2v) is 3.40. The van der Waals surface area contributed by atoms with Gasteiger partial charge in [0.25, 0.3) is 5.92 Å². The molecule has 0 bridgehead atoms. The Labute approximate surface area is 83.1 Å². The van der Waals surface area contributed by atoms with Crippen LogP contribution in [0, 0.1) is 0 Å². The van der Waals surface area contributed by atoms with Gasteiger partial charge in [-0.05, 0) is 28.1 Å². The summed E-state index contributed by atoms with van der Waals surface area (Å²) in [4.78, 5) is 3.83. The second-order valence-electron chi connectivity index (χ2n) is 2.65. The molecule has 0 amide bonds. The van der Waals surface area contributed by atoms with Gasteiger partial charge < -0.3 is 4.74 Å². The van der Waals surface area contributed by atoms with Crippen molar-refractivity contribution in [1.82, 2.24) is 4.98 Å². The van der Waals surface area contributed by atoms with Crippen LogP contribution in [-0.4, -0.2) is 17.5 Å². The molecular weight excluding hydrogens is 244 g/mol. The number of halogens is 3. The zero-order chi connectivity index (χ0) is 9.90. The Balaban J connectivity index is 2.60. The minimum absolute atomic E-state index is 0.323. The molecule has 0 saturated carbocycles. The van der Waals surface area contributed by atoms with Crippen LogP contribution in [-0.2, 0) is 0 Å². The third kappa shape index (κ3) is 3.67. The van der Waals surface area contributed by atoms with Crippen LogP contribution >= 0.6 is 15.9 Å². The first-order valence-electron chi connectivity index (χ1n) is 3.60. The van der Waals surface area contributed by atoms with Crippen molar-refractivity contribution in [2.75, 3.05) is 6.61 Å². The van der Waals surface area contributed by atoms with Crippen LogP contribution in [0.4, 0.5) is 8.78 Å². The molecule has 1 aromatic rings. The smallest absolute Gasteiger partial charge is 0.278 e. The van der Waals surface area contributed by atoms with E-state index in [1.54, 1.807) is 18.3 Å². The molecule has 1 heterocycles. The molecule has 0 fully saturated rings. The van der Waals surface area contributed by atoms with E-state index >= 15 is 0 Å². The summed E-state index contributed by atoms with van der Waals surface area (Å²) in [5.74, 6) is -2.50. The van der Waals surface area contributed by atoms with Crippen molar-refractivity contribution in [3.05, 3.63) is 22.9 Å². The zero-order valence-electron chi connectivity index (χ0n) is 6.93. The largest absolute Gasteiger partial charge is 0.484 e. The lowest BCUT2D eigenvalue weighted by Gasteiger charge is -2.12. The number of rotatable bonds is 3. The average molecular weight is 252 g/mol. The lowest BCUT2D eigenvalue weighted by molar-refractivity contribution is -0.0232. The van der Waals surface area contributed by atoms with E-state index in [1.807, 2.05) is 0 Å². The van der Waals surface area contributed by atoms with Gasteiger partial charge in [-0.1, -0.05) is 0 Å². The maximum Gasteiger partial charge on any atom is 0.278 e. The minimum atomic E-state index is -2.82. The van der Waals surface area contributed by atoms with Crippen molar-refractivity contribution >= 4 is 15.9 Å². The molecule has 0 aromatic carbocycles. The SMILES string of the molecule is CC(F)(F)COc1cccnc1Br. The molecule has 13 heavy (non-hydrogen) atoms. The summed E-state index contributed by atoms with van der Waals surface area (Å²) in [6, 6.07) is 3.19. The fourth-order valence-corrected chi connectivity index (χ4v) is 1.05. The van der Waals surface area contributed by atoms with Gasteiger partial charge in [0.2, 0.25) is 0 Å². The van der Waals surface area contributed by atoms with Crippen LogP contribution in [0.5, 0.6) is 5.75 Å². The van der Waals surface area contributed by atoms with E-state index in [0.29, 0.717) is 10.4 Å². The Hall–Kier alpha value is -0.710. The first kappa shape index (κ1) is 10.4. The van der Waals surface area contributed by atoms with Gasteiger partial charge in [-0.2, -0.15) is 0 Å². The first-order valence-corrected chi connectivity index (χ1v) is 4.39. The Morgan fingerprint density at radius 3 is 2.85 bits per heavy atom. The van der Waals surface area contributed by atoms with Crippen molar-refractivity contribution in [1.29, 1.82) is 0 Å². The molecule has 0 saturated heterocycles. The molecule has 2 nitrogen and oxygen atoms in total. The molecule has 5 heteroatoms. The van der Waals surface area contributed by atoms with E-state index < -0.39 is 12.5 Å². The highest BCUT2D eigenvalue weighted by Gasteiger charge is 2.22. The summed E-state index contributed by atoms with van der Waals surface area (Å²) in [6.45, 7) is 0.161. The molecule has 1 aromatic heterocycles. The molecule has 0 radical (unpaired) electrons. The predicted molar refractivity (Wildman–Crippen MR) is 48.1 cm³/mol. The van der Waals surface area contributed by atoms with E-state index in [4.69, 9.17) is 4.74 Å². The molecule has 0 atom stereocenters. The van der Waals surface area contributed by atoms with Crippen molar-refractivity contribution in [2.45, 2.75) is 12.8 Å². The standard InChI is InChI=1S/C8H8BrF2NO/c1-8(10,11)5-13-6-3-2-4-12-7(6)9/h2-4H,5H2,1H3. The summed E-state index contributed by atoms with van der Waals surface area (Å²) in [6.07, 6.45) is 1.54. The average Bonchev–Trinajstić information content (AvgIpc) is 2.01. The van der Waals surface area contributed by atoms with Crippen molar-refractivity contribution in [3.63, 3.8) is 0 Å². The molecule has 0 aliphatic heterocycles. The number of nitrogens with zero attached hydrogens (tertiary/aromatic N) is 1. The number of ether oxygens (including phenoxy) is 1. The highest BCUT2D eigenvalue weighted by Crippen LogP contribution is 2.23. The molecular formula is C8H8BrF2NO. The third-order valence-corrected chi connectivity index (χ3v) is 1.80. The molecule has 0 aliphatic rings. The number of hydrogen-bond acceptors (Lipinski definition) is 2. The molecule has 0 aliphatic carbocycles. The van der Waals surface area contributed by atoms with E-state index in [1.165, 1.54) is 0 Å². The van der Waals surface area contributed by atoms with Crippen LogP contribution in [0.25, 0.3) is 0 Å². The van der Waals surface area contributed by atoms with Gasteiger partial charge in [0.15, 0.2) is 12.4 Å². The van der Waals surface area contributed by atoms with Crippen LogP contribution < -0.4 is 4.74 Å². The van der Waals surface area contributed by atoms with Crippen LogP contribution in [0.1, 0.15) is 6.92 Å². The summed E-state index contributed by atoms with van der Waals surface area (Å²) < 4.78 is 30.0. The highest BCUT2D eigenvalue weighted by atomic mass is 79.9. The van der Waals surface area contributed by atoms with Gasteiger partial charge in [-0.3, -0.25) is 0 Å². The fourth-order valence-electron chi connectivity index (χ4n) is 0.683. The zero-order valence-corrected chi connectivity index (χ0v) is 8.51. The lowest BCUT2D eigenvalue weighted by Crippen LogP contribution is -2.21. The van der Waals surface area contributed by atoms with E-state index in [0.717, 1.165) is 6.92 Å². The monoisotopic (exact) mass is 251 g/mol. The van der Waals surface area contributed by atoms with Crippen molar-refractivity contribution < 1.29 is 13.5 Å². The van der Waals surface area contributed by atoms with Crippen LogP contribution in [0.15, 0.2) is 22.9 Å². The summed E-state index contributed by atoms with van der Waals surface area (Å²) in [5, 5.41) is 0. The Morgan fingerprint density at radius 2 is 2.31 bits per heavy atom. The maximum atomic E-state index is 12.4. The van der Waals surface area contributed by atoms with Crippen LogP contribution in [0.2, 0.25) is 0 Å². The molecule has 1 rings (SSSR count). The van der Waals surface area contributed by atoms with E-state index in [9.17, 15) is 8.78 Å². The maximum absolute atomic E-state index is 12.4. The van der Waals surface area contributed by atoms with Gasteiger partial charge in [-0.25, -0.2) is 13.8 Å². The quantitative estimate of drug-likeness (QED) is 0.771. The number of pyridine rings is 1. The van der Waals surface area contributed by atoms with Gasteiger partial charge in [-0.15, -0.1) is 0 Å². The number of aromatic nitrogens is 1. The van der Waals surface area contributed by atoms with Gasteiger partial charge in [0, 0.05) is 13.1 Å². The number of alkyl halides is 2. The van der Waals surface area contributed by atoms with Crippen molar-refractivity contribution in [3.8, 4) is 5.75 Å². The Bertz CT molecular complexity index is 288. The highest BCUT2D eigenvalue weighted by molar-refractivity contribution is 9.10. The topological polar surface area (TPSA) is 22.1 Å². The van der Waals surface area contributed by atoms with Gasteiger partial charge in [0.1, 0.15) is 4.60 Å². The van der Waals surface area contributed by atoms with Crippen molar-refractivity contribution in [2.24, 2.45) is 0 Å². The minimum Gasteiger partial charge on any atom is -0.484 e. The second kappa shape index (κ2) is 4.00. The summed E-state index contributed by atoms with van der Waals surface area (Å²) in [5.41, 5.74) is 0. The molecule has 0 spiro atoms. The summed E-state index contributed by atoms with van der Waals surface area (Å²) in [7, 11) is 0. The summed E-state index contributed by atoms with van der Waals surface area (Å²) >= 11 is 3.08. The lowest BCUT2D eigenvalue weighted by atomic mass is 10.4. The molecule has 0 N–H and O–H groups in total. The molecule has 0 unspecified atom stereocenters. The first-order chi connectivity index (χ1) is 5.99. The Morgan fingerprint density at radius 1 is 1.62 bits per heavy atom. The third-order valence-electron chi connectivity index (χ3n) is 1.21. The predicted octanol–water partition coefficient (Wildman–Crippen LogP) is 2.88. The normalized spacial score (nSPS) is 11.4. The fraction of sp³-hybridized carbons (Fsp3) is 0.375. The Kier molecular flexibility index (Phi) is 3.19. The van der Waals surface area contributed by atoms with Gasteiger partial charge >= 0.3 is 0 Å². The number of hydrogen-bond donors (Lipinski definition) is 0. The van der Waals surface area contributed by atoms with Gasteiger partial charge in [0.05, 0.1) is 0 Å².